The molecule has 0 saturated heterocycles. The Labute approximate surface area is 146 Å². The first kappa shape index (κ1) is 15.2. The summed E-state index contributed by atoms with van der Waals surface area (Å²) in [7, 11) is 0. The lowest BCUT2D eigenvalue weighted by Gasteiger charge is -2.10. The van der Waals surface area contributed by atoms with Gasteiger partial charge in [-0.2, -0.15) is 0 Å². The molecule has 1 heterocycles. The number of benzene rings is 2. The Bertz CT molecular complexity index is 851. The molecule has 0 atom stereocenters. The van der Waals surface area contributed by atoms with Crippen LogP contribution in [0.1, 0.15) is 5.82 Å². The molecule has 3 rings (SSSR count). The third-order valence-electron chi connectivity index (χ3n) is 3.04. The van der Waals surface area contributed by atoms with Crippen LogP contribution in [-0.2, 0) is 5.88 Å². The van der Waals surface area contributed by atoms with E-state index in [1.165, 1.54) is 18.2 Å². The minimum atomic E-state index is -0.358. The van der Waals surface area contributed by atoms with Gasteiger partial charge < -0.3 is 0 Å². The zero-order valence-electron chi connectivity index (χ0n) is 10.4. The monoisotopic (exact) mass is 482 g/mol. The lowest BCUT2D eigenvalue weighted by atomic mass is 10.2. The summed E-state index contributed by atoms with van der Waals surface area (Å²) < 4.78 is 29.9. The van der Waals surface area contributed by atoms with E-state index >= 15 is 0 Å². The molecule has 0 spiro atoms. The first-order valence-electron chi connectivity index (χ1n) is 5.89. The number of imidazole rings is 1. The van der Waals surface area contributed by atoms with E-state index in [4.69, 9.17) is 11.6 Å². The fourth-order valence-electron chi connectivity index (χ4n) is 2.14. The zero-order valence-corrected chi connectivity index (χ0v) is 14.9. The Morgan fingerprint density at radius 2 is 2.00 bits per heavy atom. The van der Waals surface area contributed by atoms with Gasteiger partial charge in [0.15, 0.2) is 0 Å². The molecule has 0 radical (unpaired) electrons. The number of rotatable bonds is 2. The molecule has 0 bridgehead atoms. The summed E-state index contributed by atoms with van der Waals surface area (Å²) in [6.45, 7) is 0. The molecule has 2 nitrogen and oxygen atoms in total. The van der Waals surface area contributed by atoms with Crippen LogP contribution in [0.3, 0.4) is 0 Å². The number of nitrogens with zero attached hydrogens (tertiary/aromatic N) is 2. The van der Waals surface area contributed by atoms with Crippen molar-refractivity contribution >= 4 is 61.2 Å². The highest BCUT2D eigenvalue weighted by Gasteiger charge is 2.16. The van der Waals surface area contributed by atoms with Crippen LogP contribution < -0.4 is 0 Å². The van der Waals surface area contributed by atoms with Crippen LogP contribution in [-0.4, -0.2) is 9.55 Å². The third kappa shape index (κ3) is 2.68. The Balaban J connectivity index is 2.37. The van der Waals surface area contributed by atoms with Gasteiger partial charge in [-0.25, -0.2) is 13.8 Å². The molecule has 1 aromatic heterocycles. The van der Waals surface area contributed by atoms with Gasteiger partial charge in [0.25, 0.3) is 0 Å². The molecule has 7 heteroatoms. The Hall–Kier alpha value is -0.730. The first-order valence-corrected chi connectivity index (χ1v) is 8.29. The predicted molar refractivity (Wildman–Crippen MR) is 91.0 cm³/mol. The molecular weight excluding hydrogens is 476 g/mol. The molecule has 0 aliphatic heterocycles. The van der Waals surface area contributed by atoms with Crippen molar-refractivity contribution in [1.29, 1.82) is 0 Å². The summed E-state index contributed by atoms with van der Waals surface area (Å²) in [4.78, 5) is 4.42. The van der Waals surface area contributed by atoms with Crippen LogP contribution in [0.4, 0.5) is 8.78 Å². The van der Waals surface area contributed by atoms with Gasteiger partial charge >= 0.3 is 0 Å². The van der Waals surface area contributed by atoms with Crippen LogP contribution in [0.5, 0.6) is 0 Å². The lowest BCUT2D eigenvalue weighted by molar-refractivity contribution is 0.621. The molecule has 2 aromatic carbocycles. The van der Waals surface area contributed by atoms with Gasteiger partial charge in [-0.1, -0.05) is 0 Å². The minimum Gasteiger partial charge on any atom is -0.294 e. The van der Waals surface area contributed by atoms with Crippen molar-refractivity contribution in [3.8, 4) is 5.69 Å². The van der Waals surface area contributed by atoms with E-state index in [9.17, 15) is 8.78 Å². The Morgan fingerprint density at radius 3 is 2.67 bits per heavy atom. The topological polar surface area (TPSA) is 17.8 Å². The zero-order chi connectivity index (χ0) is 15.1. The maximum Gasteiger partial charge on any atom is 0.138 e. The maximum absolute atomic E-state index is 13.9. The van der Waals surface area contributed by atoms with Gasteiger partial charge in [0.1, 0.15) is 17.5 Å². The van der Waals surface area contributed by atoms with Crippen LogP contribution in [0.15, 0.2) is 34.8 Å². The molecule has 0 N–H and O–H groups in total. The molecule has 108 valence electrons. The van der Waals surface area contributed by atoms with Gasteiger partial charge in [-0.15, -0.1) is 11.6 Å². The number of hydrogen-bond donors (Lipinski definition) is 0. The van der Waals surface area contributed by atoms with Crippen molar-refractivity contribution < 1.29 is 8.78 Å². The molecule has 0 aliphatic rings. The Kier molecular flexibility index (Phi) is 4.20. The SMILES string of the molecule is Fc1ccc(-n2c(CCl)nc3cc(I)c(F)cc32)c(Br)c1. The average molecular weight is 483 g/mol. The van der Waals surface area contributed by atoms with Crippen LogP contribution in [0.25, 0.3) is 16.7 Å². The van der Waals surface area contributed by atoms with Crippen molar-refractivity contribution in [2.24, 2.45) is 0 Å². The number of aromatic nitrogens is 2. The molecule has 21 heavy (non-hydrogen) atoms. The van der Waals surface area contributed by atoms with Crippen LogP contribution in [0, 0.1) is 15.2 Å². The third-order valence-corrected chi connectivity index (χ3v) is 4.74. The highest BCUT2D eigenvalue weighted by atomic mass is 127. The fraction of sp³-hybridized carbons (Fsp3) is 0.0714. The number of fused-ring (bicyclic) bond motifs is 1. The largest absolute Gasteiger partial charge is 0.294 e. The number of alkyl halides is 1. The molecular formula is C14H7BrClF2IN2. The number of halogens is 5. The van der Waals surface area contributed by atoms with Crippen molar-refractivity contribution in [2.45, 2.75) is 5.88 Å². The second-order valence-electron chi connectivity index (χ2n) is 4.35. The van der Waals surface area contributed by atoms with E-state index in [1.807, 2.05) is 22.6 Å². The molecule has 0 saturated carbocycles. The normalized spacial score (nSPS) is 11.3. The van der Waals surface area contributed by atoms with E-state index in [-0.39, 0.29) is 17.5 Å². The van der Waals surface area contributed by atoms with E-state index < -0.39 is 0 Å². The van der Waals surface area contributed by atoms with Crippen LogP contribution in [0.2, 0.25) is 0 Å². The highest BCUT2D eigenvalue weighted by Crippen LogP contribution is 2.30. The minimum absolute atomic E-state index is 0.163. The summed E-state index contributed by atoms with van der Waals surface area (Å²) in [5, 5.41) is 0. The van der Waals surface area contributed by atoms with E-state index in [0.29, 0.717) is 30.6 Å². The molecule has 0 fully saturated rings. The molecule has 0 unspecified atom stereocenters. The summed E-state index contributed by atoms with van der Waals surface area (Å²) in [6, 6.07) is 7.37. The van der Waals surface area contributed by atoms with E-state index in [0.717, 1.165) is 0 Å². The standard InChI is InChI=1S/C14H7BrClF2IN2/c15-8-3-7(17)1-2-12(8)21-13-4-9(18)10(19)5-11(13)20-14(21)6-16/h1-5H,6H2. The first-order chi connectivity index (χ1) is 10.0. The van der Waals surface area contributed by atoms with Gasteiger partial charge in [-0.05, 0) is 62.8 Å². The van der Waals surface area contributed by atoms with Crippen molar-refractivity contribution in [1.82, 2.24) is 9.55 Å². The fourth-order valence-corrected chi connectivity index (χ4v) is 3.30. The highest BCUT2D eigenvalue weighted by molar-refractivity contribution is 14.1. The Morgan fingerprint density at radius 1 is 1.24 bits per heavy atom. The van der Waals surface area contributed by atoms with Crippen molar-refractivity contribution in [3.05, 3.63) is 55.8 Å². The summed E-state index contributed by atoms with van der Waals surface area (Å²) in [5.74, 6) is 0.0450. The molecule has 3 aromatic rings. The molecule has 0 amide bonds. The quantitative estimate of drug-likeness (QED) is 0.352. The van der Waals surface area contributed by atoms with E-state index in [2.05, 4.69) is 20.9 Å². The van der Waals surface area contributed by atoms with Gasteiger partial charge in [0, 0.05) is 10.5 Å². The maximum atomic E-state index is 13.9. The van der Waals surface area contributed by atoms with Gasteiger partial charge in [-0.3, -0.25) is 4.57 Å². The van der Waals surface area contributed by atoms with Crippen LogP contribution >= 0.6 is 50.1 Å². The second-order valence-corrected chi connectivity index (χ2v) is 6.63. The summed E-state index contributed by atoms with van der Waals surface area (Å²) in [6.07, 6.45) is 0. The second kappa shape index (κ2) is 5.81. The number of hydrogen-bond acceptors (Lipinski definition) is 1. The predicted octanol–water partition coefficient (Wildman–Crippen LogP) is 5.41. The van der Waals surface area contributed by atoms with Gasteiger partial charge in [0.05, 0.1) is 26.2 Å². The van der Waals surface area contributed by atoms with Gasteiger partial charge in [0.2, 0.25) is 0 Å². The molecule has 0 aliphatic carbocycles. The average Bonchev–Trinajstić information content (AvgIpc) is 2.77. The summed E-state index contributed by atoms with van der Waals surface area (Å²) in [5.41, 5.74) is 1.90. The lowest BCUT2D eigenvalue weighted by Crippen LogP contribution is -2.01. The van der Waals surface area contributed by atoms with E-state index in [1.54, 1.807) is 16.7 Å². The summed E-state index contributed by atoms with van der Waals surface area (Å²) >= 11 is 11.2. The van der Waals surface area contributed by atoms with Crippen molar-refractivity contribution in [2.75, 3.05) is 0 Å². The smallest absolute Gasteiger partial charge is 0.138 e. The van der Waals surface area contributed by atoms with Crippen molar-refractivity contribution in [3.63, 3.8) is 0 Å².